The highest BCUT2D eigenvalue weighted by Gasteiger charge is 2.17. The quantitative estimate of drug-likeness (QED) is 0.750. The highest BCUT2D eigenvalue weighted by Crippen LogP contribution is 2.23. The molecule has 0 fully saturated rings. The molecule has 0 bridgehead atoms. The van der Waals surface area contributed by atoms with Crippen LogP contribution < -0.4 is 10.0 Å². The van der Waals surface area contributed by atoms with Gasteiger partial charge in [-0.05, 0) is 47.7 Å². The lowest BCUT2D eigenvalue weighted by atomic mass is 9.87. The van der Waals surface area contributed by atoms with Crippen molar-refractivity contribution < 1.29 is 13.2 Å². The Bertz CT molecular complexity index is 917. The van der Waals surface area contributed by atoms with E-state index >= 15 is 0 Å². The SMILES string of the molecule is Cc1ccc(Cl)cc1NC(=O)CCNS(=O)(=O)c1ccc(C(C)(C)C)cc1. The van der Waals surface area contributed by atoms with Crippen molar-refractivity contribution in [2.45, 2.75) is 44.4 Å². The molecule has 1 amide bonds. The number of aryl methyl sites for hydroxylation is 1. The summed E-state index contributed by atoms with van der Waals surface area (Å²) in [6.45, 7) is 8.06. The topological polar surface area (TPSA) is 75.3 Å². The molecule has 5 nitrogen and oxygen atoms in total. The molecule has 0 unspecified atom stereocenters. The second kappa shape index (κ2) is 8.42. The molecule has 0 saturated carbocycles. The van der Waals surface area contributed by atoms with E-state index in [0.717, 1.165) is 11.1 Å². The lowest BCUT2D eigenvalue weighted by molar-refractivity contribution is -0.116. The molecule has 0 aliphatic heterocycles. The molecule has 0 saturated heterocycles. The van der Waals surface area contributed by atoms with Gasteiger partial charge < -0.3 is 5.32 Å². The second-order valence-electron chi connectivity index (χ2n) is 7.43. The molecular weight excluding hydrogens is 384 g/mol. The summed E-state index contributed by atoms with van der Waals surface area (Å²) in [5, 5.41) is 3.27. The van der Waals surface area contributed by atoms with Gasteiger partial charge in [-0.3, -0.25) is 4.79 Å². The smallest absolute Gasteiger partial charge is 0.240 e. The summed E-state index contributed by atoms with van der Waals surface area (Å²) in [7, 11) is -3.66. The fourth-order valence-electron chi connectivity index (χ4n) is 2.46. The van der Waals surface area contributed by atoms with E-state index in [4.69, 9.17) is 11.6 Å². The number of hydrogen-bond acceptors (Lipinski definition) is 3. The van der Waals surface area contributed by atoms with Crippen LogP contribution in [0.4, 0.5) is 5.69 Å². The van der Waals surface area contributed by atoms with Crippen molar-refractivity contribution >= 4 is 33.2 Å². The van der Waals surface area contributed by atoms with E-state index in [9.17, 15) is 13.2 Å². The van der Waals surface area contributed by atoms with Crippen molar-refractivity contribution in [3.05, 3.63) is 58.6 Å². The van der Waals surface area contributed by atoms with Crippen molar-refractivity contribution in [3.63, 3.8) is 0 Å². The predicted molar refractivity (Wildman–Crippen MR) is 110 cm³/mol. The molecule has 2 rings (SSSR count). The van der Waals surface area contributed by atoms with E-state index in [-0.39, 0.29) is 29.2 Å². The fraction of sp³-hybridized carbons (Fsp3) is 0.350. The van der Waals surface area contributed by atoms with E-state index in [1.54, 1.807) is 24.3 Å². The zero-order chi connectivity index (χ0) is 20.2. The first-order valence-electron chi connectivity index (χ1n) is 8.65. The zero-order valence-corrected chi connectivity index (χ0v) is 17.5. The monoisotopic (exact) mass is 408 g/mol. The van der Waals surface area contributed by atoms with E-state index < -0.39 is 10.0 Å². The maximum Gasteiger partial charge on any atom is 0.240 e. The van der Waals surface area contributed by atoms with E-state index in [2.05, 4.69) is 30.8 Å². The third kappa shape index (κ3) is 6.06. The Morgan fingerprint density at radius 2 is 1.70 bits per heavy atom. The average Bonchev–Trinajstić information content (AvgIpc) is 2.57. The predicted octanol–water partition coefficient (Wildman–Crippen LogP) is 4.25. The van der Waals surface area contributed by atoms with Crippen molar-refractivity contribution in [3.8, 4) is 0 Å². The van der Waals surface area contributed by atoms with Crippen LogP contribution in [0.15, 0.2) is 47.4 Å². The summed E-state index contributed by atoms with van der Waals surface area (Å²) in [5.41, 5.74) is 2.50. The third-order valence-electron chi connectivity index (χ3n) is 4.15. The Labute approximate surface area is 166 Å². The highest BCUT2D eigenvalue weighted by atomic mass is 35.5. The minimum absolute atomic E-state index is 0.00873. The molecule has 0 aliphatic rings. The number of benzene rings is 2. The van der Waals surface area contributed by atoms with Gasteiger partial charge in [-0.25, -0.2) is 13.1 Å². The average molecular weight is 409 g/mol. The van der Waals surface area contributed by atoms with Gasteiger partial charge in [0, 0.05) is 23.7 Å². The van der Waals surface area contributed by atoms with Gasteiger partial charge in [-0.2, -0.15) is 0 Å². The van der Waals surface area contributed by atoms with Gasteiger partial charge in [0.15, 0.2) is 0 Å². The van der Waals surface area contributed by atoms with Crippen LogP contribution >= 0.6 is 11.6 Å². The molecule has 0 heterocycles. The molecule has 0 radical (unpaired) electrons. The van der Waals surface area contributed by atoms with Gasteiger partial charge in [0.2, 0.25) is 15.9 Å². The summed E-state index contributed by atoms with van der Waals surface area (Å²) in [5.74, 6) is -0.286. The third-order valence-corrected chi connectivity index (χ3v) is 5.86. The number of anilines is 1. The Morgan fingerprint density at radius 3 is 2.30 bits per heavy atom. The van der Waals surface area contributed by atoms with Gasteiger partial charge in [0.25, 0.3) is 0 Å². The van der Waals surface area contributed by atoms with Crippen LogP contribution in [-0.4, -0.2) is 20.9 Å². The number of rotatable bonds is 6. The fourth-order valence-corrected chi connectivity index (χ4v) is 3.66. The Balaban J connectivity index is 1.93. The maximum atomic E-state index is 12.4. The van der Waals surface area contributed by atoms with Gasteiger partial charge in [-0.15, -0.1) is 0 Å². The molecule has 0 aromatic heterocycles. The summed E-state index contributed by atoms with van der Waals surface area (Å²) in [6.07, 6.45) is 0.0191. The summed E-state index contributed by atoms with van der Waals surface area (Å²) in [6, 6.07) is 12.0. The van der Waals surface area contributed by atoms with Crippen LogP contribution in [0.1, 0.15) is 38.3 Å². The van der Waals surface area contributed by atoms with E-state index in [1.807, 2.05) is 25.1 Å². The van der Waals surface area contributed by atoms with E-state index in [0.29, 0.717) is 10.7 Å². The van der Waals surface area contributed by atoms with Gasteiger partial charge in [-0.1, -0.05) is 50.6 Å². The minimum atomic E-state index is -3.66. The molecule has 27 heavy (non-hydrogen) atoms. The largest absolute Gasteiger partial charge is 0.326 e. The van der Waals surface area contributed by atoms with Crippen LogP contribution in [-0.2, 0) is 20.2 Å². The van der Waals surface area contributed by atoms with Gasteiger partial charge in [0.05, 0.1) is 4.90 Å². The molecule has 0 atom stereocenters. The van der Waals surface area contributed by atoms with Crippen molar-refractivity contribution in [2.24, 2.45) is 0 Å². The van der Waals surface area contributed by atoms with Crippen LogP contribution in [0.5, 0.6) is 0 Å². The normalized spacial score (nSPS) is 12.0. The summed E-state index contributed by atoms with van der Waals surface area (Å²) >= 11 is 5.93. The standard InChI is InChI=1S/C20H25ClN2O3S/c1-14-5-8-16(21)13-18(14)23-19(24)11-12-22-27(25,26)17-9-6-15(7-10-17)20(2,3)4/h5-10,13,22H,11-12H2,1-4H3,(H,23,24). The van der Waals surface area contributed by atoms with Crippen molar-refractivity contribution in [1.29, 1.82) is 0 Å². The molecule has 7 heteroatoms. The first kappa shape index (κ1) is 21.4. The van der Waals surface area contributed by atoms with Crippen LogP contribution in [0, 0.1) is 6.92 Å². The van der Waals surface area contributed by atoms with Crippen LogP contribution in [0.3, 0.4) is 0 Å². The molecule has 2 aromatic carbocycles. The molecule has 2 N–H and O–H groups in total. The number of halogens is 1. The molecule has 0 aliphatic carbocycles. The summed E-state index contributed by atoms with van der Waals surface area (Å²) < 4.78 is 27.2. The Hall–Kier alpha value is -1.89. The van der Waals surface area contributed by atoms with Crippen LogP contribution in [0.2, 0.25) is 5.02 Å². The number of carbonyl (C=O) groups excluding carboxylic acids is 1. The highest BCUT2D eigenvalue weighted by molar-refractivity contribution is 7.89. The van der Waals surface area contributed by atoms with E-state index in [1.165, 1.54) is 0 Å². The molecule has 146 valence electrons. The lowest BCUT2D eigenvalue weighted by Gasteiger charge is -2.19. The van der Waals surface area contributed by atoms with Crippen molar-refractivity contribution in [1.82, 2.24) is 4.72 Å². The molecule has 2 aromatic rings. The zero-order valence-electron chi connectivity index (χ0n) is 16.0. The Kier molecular flexibility index (Phi) is 6.68. The Morgan fingerprint density at radius 1 is 1.07 bits per heavy atom. The van der Waals surface area contributed by atoms with Crippen molar-refractivity contribution in [2.75, 3.05) is 11.9 Å². The lowest BCUT2D eigenvalue weighted by Crippen LogP contribution is -2.28. The molecular formula is C20H25ClN2O3S. The number of hydrogen-bond donors (Lipinski definition) is 2. The number of sulfonamides is 1. The first-order valence-corrected chi connectivity index (χ1v) is 10.5. The number of amides is 1. The number of nitrogens with one attached hydrogen (secondary N) is 2. The van der Waals surface area contributed by atoms with Gasteiger partial charge >= 0.3 is 0 Å². The molecule has 0 spiro atoms. The minimum Gasteiger partial charge on any atom is -0.326 e. The maximum absolute atomic E-state index is 12.4. The summed E-state index contributed by atoms with van der Waals surface area (Å²) in [4.78, 5) is 12.2. The first-order chi connectivity index (χ1) is 12.5. The second-order valence-corrected chi connectivity index (χ2v) is 9.63. The van der Waals surface area contributed by atoms with Gasteiger partial charge in [0.1, 0.15) is 0 Å². The van der Waals surface area contributed by atoms with Crippen LogP contribution in [0.25, 0.3) is 0 Å². The number of carbonyl (C=O) groups is 1.